The number of halogens is 1. The van der Waals surface area contributed by atoms with Gasteiger partial charge in [-0.1, -0.05) is 12.1 Å². The first-order chi connectivity index (χ1) is 12.0. The van der Waals surface area contributed by atoms with E-state index in [2.05, 4.69) is 0 Å². The normalized spacial score (nSPS) is 17.0. The van der Waals surface area contributed by atoms with Crippen molar-refractivity contribution < 1.29 is 17.2 Å². The molecule has 1 aromatic carbocycles. The second-order valence-corrected chi connectivity index (χ2v) is 9.32. The summed E-state index contributed by atoms with van der Waals surface area (Å²) in [5, 5.41) is 0. The molecule has 0 bridgehead atoms. The zero-order valence-electron chi connectivity index (χ0n) is 13.9. The quantitative estimate of drug-likeness (QED) is 0.728. The Labute approximate surface area is 152 Å². The molecule has 0 N–H and O–H groups in total. The van der Waals surface area contributed by atoms with Crippen molar-refractivity contribution in [3.8, 4) is 0 Å². The Hall–Kier alpha value is -1.31. The van der Waals surface area contributed by atoms with Gasteiger partial charge < -0.3 is 4.42 Å². The largest absolute Gasteiger partial charge is 0.468 e. The maximum atomic E-state index is 13.2. The number of thioether (sulfide) groups is 1. The van der Waals surface area contributed by atoms with E-state index in [0.717, 1.165) is 30.1 Å². The van der Waals surface area contributed by atoms with E-state index in [0.29, 0.717) is 24.6 Å². The van der Waals surface area contributed by atoms with Crippen molar-refractivity contribution in [2.45, 2.75) is 24.3 Å². The summed E-state index contributed by atoms with van der Waals surface area (Å²) in [4.78, 5) is 0. The Morgan fingerprint density at radius 3 is 2.68 bits per heavy atom. The summed E-state index contributed by atoms with van der Waals surface area (Å²) in [5.41, 5.74) is 0.496. The molecule has 0 saturated carbocycles. The molecule has 4 nitrogen and oxygen atoms in total. The number of nitrogens with zero attached hydrogens (tertiary/aromatic N) is 1. The lowest BCUT2D eigenvalue weighted by atomic mass is 10.0. The molecular weight excluding hydrogens is 361 g/mol. The molecule has 3 rings (SSSR count). The number of piperidine rings is 1. The van der Waals surface area contributed by atoms with E-state index >= 15 is 0 Å². The number of furan rings is 1. The molecule has 1 fully saturated rings. The van der Waals surface area contributed by atoms with Gasteiger partial charge in [-0.2, -0.15) is 11.8 Å². The molecule has 0 amide bonds. The lowest BCUT2D eigenvalue weighted by Gasteiger charge is -2.31. The van der Waals surface area contributed by atoms with Gasteiger partial charge >= 0.3 is 0 Å². The highest BCUT2D eigenvalue weighted by Gasteiger charge is 2.28. The van der Waals surface area contributed by atoms with Gasteiger partial charge in [-0.05, 0) is 54.3 Å². The fourth-order valence-electron chi connectivity index (χ4n) is 3.00. The molecule has 25 heavy (non-hydrogen) atoms. The van der Waals surface area contributed by atoms with Crippen LogP contribution in [-0.2, 0) is 21.5 Å². The van der Waals surface area contributed by atoms with Gasteiger partial charge in [0.25, 0.3) is 0 Å². The number of hydrogen-bond donors (Lipinski definition) is 0. The van der Waals surface area contributed by atoms with Crippen LogP contribution in [-0.4, -0.2) is 31.6 Å². The van der Waals surface area contributed by atoms with Gasteiger partial charge in [-0.15, -0.1) is 0 Å². The van der Waals surface area contributed by atoms with Crippen molar-refractivity contribution in [2.75, 3.05) is 18.8 Å². The number of rotatable bonds is 7. The summed E-state index contributed by atoms with van der Waals surface area (Å²) < 4.78 is 45.2. The third kappa shape index (κ3) is 5.33. The van der Waals surface area contributed by atoms with Crippen LogP contribution in [0, 0.1) is 11.7 Å². The second kappa shape index (κ2) is 8.38. The second-order valence-electron chi connectivity index (χ2n) is 6.32. The average molecular weight is 384 g/mol. The van der Waals surface area contributed by atoms with E-state index < -0.39 is 15.8 Å². The Bertz CT molecular complexity index is 769. The van der Waals surface area contributed by atoms with E-state index in [4.69, 9.17) is 4.42 Å². The third-order valence-corrected chi connectivity index (χ3v) is 7.43. The van der Waals surface area contributed by atoms with Crippen LogP contribution < -0.4 is 0 Å². The molecule has 1 saturated heterocycles. The fraction of sp³-hybridized carbons (Fsp3) is 0.444. The summed E-state index contributed by atoms with van der Waals surface area (Å²) in [6, 6.07) is 9.66. The van der Waals surface area contributed by atoms with Crippen molar-refractivity contribution in [1.82, 2.24) is 4.31 Å². The van der Waals surface area contributed by atoms with E-state index in [1.165, 1.54) is 12.1 Å². The zero-order chi connectivity index (χ0) is 17.7. The lowest BCUT2D eigenvalue weighted by molar-refractivity contribution is 0.290. The van der Waals surface area contributed by atoms with Crippen LogP contribution in [0.2, 0.25) is 0 Å². The van der Waals surface area contributed by atoms with E-state index in [1.807, 2.05) is 23.9 Å². The predicted octanol–water partition coefficient (Wildman–Crippen LogP) is 3.89. The minimum absolute atomic E-state index is 0.136. The van der Waals surface area contributed by atoms with Crippen LogP contribution in [0.4, 0.5) is 4.39 Å². The molecule has 136 valence electrons. The monoisotopic (exact) mass is 383 g/mol. The standard InChI is InChI=1S/C18H22FNO3S2/c19-17-4-1-3-16(11-17)14-25(21,22)20-8-6-15(7-9-20)12-24-13-18-5-2-10-23-18/h1-5,10-11,15H,6-9,12-14H2. The Morgan fingerprint density at radius 2 is 2.00 bits per heavy atom. The molecule has 0 radical (unpaired) electrons. The van der Waals surface area contributed by atoms with Crippen molar-refractivity contribution >= 4 is 21.8 Å². The van der Waals surface area contributed by atoms with Crippen molar-refractivity contribution in [2.24, 2.45) is 5.92 Å². The first kappa shape index (κ1) is 18.5. The third-order valence-electron chi connectivity index (χ3n) is 4.38. The molecule has 0 spiro atoms. The van der Waals surface area contributed by atoms with Crippen molar-refractivity contribution in [3.05, 3.63) is 59.8 Å². The van der Waals surface area contributed by atoms with Crippen LogP contribution in [0.15, 0.2) is 47.1 Å². The molecule has 2 aromatic rings. The zero-order valence-corrected chi connectivity index (χ0v) is 15.6. The smallest absolute Gasteiger partial charge is 0.218 e. The van der Waals surface area contributed by atoms with E-state index in [9.17, 15) is 12.8 Å². The number of benzene rings is 1. The van der Waals surface area contributed by atoms with Crippen molar-refractivity contribution in [1.29, 1.82) is 0 Å². The molecular formula is C18H22FNO3S2. The van der Waals surface area contributed by atoms with Crippen LogP contribution in [0.25, 0.3) is 0 Å². The summed E-state index contributed by atoms with van der Waals surface area (Å²) in [6.07, 6.45) is 3.42. The lowest BCUT2D eigenvalue weighted by Crippen LogP contribution is -2.39. The van der Waals surface area contributed by atoms with Gasteiger partial charge in [0, 0.05) is 13.1 Å². The van der Waals surface area contributed by atoms with Gasteiger partial charge in [-0.25, -0.2) is 17.1 Å². The SMILES string of the molecule is O=S(=O)(Cc1cccc(F)c1)N1CCC(CSCc2ccco2)CC1. The van der Waals surface area contributed by atoms with Gasteiger partial charge in [0.1, 0.15) is 11.6 Å². The predicted molar refractivity (Wildman–Crippen MR) is 98.2 cm³/mol. The molecule has 1 aliphatic heterocycles. The minimum Gasteiger partial charge on any atom is -0.468 e. The summed E-state index contributed by atoms with van der Waals surface area (Å²) in [6.45, 7) is 1.09. The molecule has 2 heterocycles. The minimum atomic E-state index is -3.39. The fourth-order valence-corrected chi connectivity index (χ4v) is 5.70. The molecule has 0 atom stereocenters. The summed E-state index contributed by atoms with van der Waals surface area (Å²) in [5.74, 6) is 2.83. The number of sulfonamides is 1. The van der Waals surface area contributed by atoms with Gasteiger partial charge in [-0.3, -0.25) is 0 Å². The van der Waals surface area contributed by atoms with Gasteiger partial charge in [0.2, 0.25) is 10.0 Å². The Balaban J connectivity index is 1.46. The Morgan fingerprint density at radius 1 is 1.20 bits per heavy atom. The number of hydrogen-bond acceptors (Lipinski definition) is 4. The molecule has 1 aliphatic rings. The van der Waals surface area contributed by atoms with Crippen LogP contribution in [0.5, 0.6) is 0 Å². The highest BCUT2D eigenvalue weighted by molar-refractivity contribution is 7.98. The van der Waals surface area contributed by atoms with E-state index in [1.54, 1.807) is 22.7 Å². The first-order valence-corrected chi connectivity index (χ1v) is 11.1. The van der Waals surface area contributed by atoms with Gasteiger partial charge in [0.15, 0.2) is 0 Å². The van der Waals surface area contributed by atoms with Crippen LogP contribution >= 0.6 is 11.8 Å². The first-order valence-electron chi connectivity index (χ1n) is 8.35. The van der Waals surface area contributed by atoms with Crippen LogP contribution in [0.1, 0.15) is 24.2 Å². The maximum Gasteiger partial charge on any atom is 0.218 e. The topological polar surface area (TPSA) is 50.5 Å². The van der Waals surface area contributed by atoms with Gasteiger partial charge in [0.05, 0.1) is 17.8 Å². The molecule has 1 aromatic heterocycles. The maximum absolute atomic E-state index is 13.2. The average Bonchev–Trinajstić information content (AvgIpc) is 3.08. The summed E-state index contributed by atoms with van der Waals surface area (Å²) >= 11 is 1.83. The van der Waals surface area contributed by atoms with E-state index in [-0.39, 0.29) is 5.75 Å². The Kier molecular flexibility index (Phi) is 6.19. The van der Waals surface area contributed by atoms with Crippen molar-refractivity contribution in [3.63, 3.8) is 0 Å². The molecule has 0 unspecified atom stereocenters. The van der Waals surface area contributed by atoms with Crippen LogP contribution in [0.3, 0.4) is 0 Å². The highest BCUT2D eigenvalue weighted by Crippen LogP contribution is 2.26. The molecule has 0 aliphatic carbocycles. The molecule has 7 heteroatoms. The summed E-state index contributed by atoms with van der Waals surface area (Å²) in [7, 11) is -3.39. The highest BCUT2D eigenvalue weighted by atomic mass is 32.2.